The summed E-state index contributed by atoms with van der Waals surface area (Å²) in [5.74, 6) is -0.0961. The quantitative estimate of drug-likeness (QED) is 0.624. The minimum Gasteiger partial charge on any atom is -0.463 e. The van der Waals surface area contributed by atoms with Gasteiger partial charge in [-0.15, -0.1) is 11.8 Å². The molecule has 0 unspecified atom stereocenters. The summed E-state index contributed by atoms with van der Waals surface area (Å²) >= 11 is 13.6. The molecule has 2 amide bonds. The number of rotatable bonds is 5. The highest BCUT2D eigenvalue weighted by atomic mass is 35.5. The number of urea groups is 1. The largest absolute Gasteiger partial charge is 0.463 e. The highest BCUT2D eigenvalue weighted by Gasteiger charge is 2.24. The summed E-state index contributed by atoms with van der Waals surface area (Å²) < 4.78 is 5.00. The monoisotopic (exact) mass is 360 g/mol. The fourth-order valence-electron chi connectivity index (χ4n) is 1.83. The van der Waals surface area contributed by atoms with E-state index in [9.17, 15) is 9.59 Å². The third-order valence-corrected chi connectivity index (χ3v) is 4.87. The van der Waals surface area contributed by atoms with Crippen LogP contribution in [0.3, 0.4) is 0 Å². The third kappa shape index (κ3) is 4.09. The molecule has 0 aromatic heterocycles. The normalized spacial score (nSPS) is 14.4. The highest BCUT2D eigenvalue weighted by Crippen LogP contribution is 2.35. The zero-order valence-corrected chi connectivity index (χ0v) is 14.1. The predicted octanol–water partition coefficient (Wildman–Crippen LogP) is 3.22. The fourth-order valence-corrected chi connectivity index (χ4v) is 3.51. The Kier molecular flexibility index (Phi) is 5.99. The standard InChI is InChI=1S/C14H14Cl2N2O3S/c1-2-21-13(19)8-6-17-14(20)18-11(8)7-22-12-9(15)4-3-5-10(12)16/h3-5H,2,6-7H2,1H3,(H2,17,18,20). The zero-order chi connectivity index (χ0) is 16.1. The van der Waals surface area contributed by atoms with Gasteiger partial charge in [-0.1, -0.05) is 29.3 Å². The molecule has 0 bridgehead atoms. The van der Waals surface area contributed by atoms with Crippen molar-refractivity contribution in [1.82, 2.24) is 10.6 Å². The Bertz CT molecular complexity index is 614. The number of halogens is 2. The molecule has 8 heteroatoms. The molecule has 2 rings (SSSR count). The molecule has 0 fully saturated rings. The van der Waals surface area contributed by atoms with E-state index in [1.807, 2.05) is 0 Å². The van der Waals surface area contributed by atoms with Gasteiger partial charge >= 0.3 is 12.0 Å². The minimum absolute atomic E-state index is 0.136. The van der Waals surface area contributed by atoms with Gasteiger partial charge in [0.05, 0.1) is 28.8 Å². The lowest BCUT2D eigenvalue weighted by atomic mass is 10.2. The number of thioether (sulfide) groups is 1. The first kappa shape index (κ1) is 17.0. The molecule has 1 heterocycles. The van der Waals surface area contributed by atoms with E-state index in [1.54, 1.807) is 25.1 Å². The van der Waals surface area contributed by atoms with Crippen molar-refractivity contribution in [2.24, 2.45) is 0 Å². The summed E-state index contributed by atoms with van der Waals surface area (Å²) in [5.41, 5.74) is 0.903. The Balaban J connectivity index is 2.19. The van der Waals surface area contributed by atoms with E-state index >= 15 is 0 Å². The van der Waals surface area contributed by atoms with Crippen molar-refractivity contribution in [3.05, 3.63) is 39.5 Å². The van der Waals surface area contributed by atoms with Gasteiger partial charge in [0.1, 0.15) is 0 Å². The molecular formula is C14H14Cl2N2O3S. The number of carbonyl (C=O) groups excluding carboxylic acids is 2. The van der Waals surface area contributed by atoms with Crippen LogP contribution in [0, 0.1) is 0 Å². The predicted molar refractivity (Wildman–Crippen MR) is 87.4 cm³/mol. The molecule has 0 saturated heterocycles. The Morgan fingerprint density at radius 2 is 2.05 bits per heavy atom. The van der Waals surface area contributed by atoms with Crippen molar-refractivity contribution in [2.45, 2.75) is 11.8 Å². The van der Waals surface area contributed by atoms with Gasteiger partial charge in [-0.2, -0.15) is 0 Å². The maximum Gasteiger partial charge on any atom is 0.337 e. The van der Waals surface area contributed by atoms with Gasteiger partial charge in [-0.3, -0.25) is 0 Å². The second-order valence-electron chi connectivity index (χ2n) is 4.32. The summed E-state index contributed by atoms with van der Waals surface area (Å²) in [5, 5.41) is 6.24. The van der Waals surface area contributed by atoms with E-state index in [4.69, 9.17) is 27.9 Å². The molecule has 2 N–H and O–H groups in total. The zero-order valence-electron chi connectivity index (χ0n) is 11.7. The van der Waals surface area contributed by atoms with E-state index in [0.29, 0.717) is 32.0 Å². The number of nitrogens with one attached hydrogen (secondary N) is 2. The minimum atomic E-state index is -0.448. The Morgan fingerprint density at radius 3 is 2.68 bits per heavy atom. The van der Waals surface area contributed by atoms with Gasteiger partial charge in [0.2, 0.25) is 0 Å². The Hall–Kier alpha value is -1.37. The van der Waals surface area contributed by atoms with Gasteiger partial charge < -0.3 is 15.4 Å². The molecule has 0 saturated carbocycles. The van der Waals surface area contributed by atoms with Crippen LogP contribution in [0.4, 0.5) is 4.79 Å². The summed E-state index contributed by atoms with van der Waals surface area (Å²) in [4.78, 5) is 24.1. The fraction of sp³-hybridized carbons (Fsp3) is 0.286. The van der Waals surface area contributed by atoms with Gasteiger partial charge in [-0.05, 0) is 19.1 Å². The lowest BCUT2D eigenvalue weighted by Gasteiger charge is -2.21. The van der Waals surface area contributed by atoms with Crippen molar-refractivity contribution in [3.8, 4) is 0 Å². The summed E-state index contributed by atoms with van der Waals surface area (Å²) in [6.07, 6.45) is 0. The van der Waals surface area contributed by atoms with Crippen molar-refractivity contribution in [2.75, 3.05) is 18.9 Å². The number of ether oxygens (including phenoxy) is 1. The van der Waals surface area contributed by atoms with Crippen molar-refractivity contribution < 1.29 is 14.3 Å². The van der Waals surface area contributed by atoms with Crippen molar-refractivity contribution in [3.63, 3.8) is 0 Å². The Labute approximate surface area is 142 Å². The topological polar surface area (TPSA) is 67.4 Å². The maximum atomic E-state index is 11.9. The van der Waals surface area contributed by atoms with Gasteiger partial charge in [0.15, 0.2) is 0 Å². The van der Waals surface area contributed by atoms with Crippen LogP contribution in [0.15, 0.2) is 34.4 Å². The molecule has 0 radical (unpaired) electrons. The molecule has 0 spiro atoms. The number of hydrogen-bond donors (Lipinski definition) is 2. The lowest BCUT2D eigenvalue weighted by molar-refractivity contribution is -0.138. The van der Waals surface area contributed by atoms with E-state index < -0.39 is 5.97 Å². The summed E-state index contributed by atoms with van der Waals surface area (Å²) in [7, 11) is 0. The molecule has 1 aliphatic rings. The molecule has 5 nitrogen and oxygen atoms in total. The Morgan fingerprint density at radius 1 is 1.36 bits per heavy atom. The number of esters is 1. The van der Waals surface area contributed by atoms with Crippen LogP contribution in [0.1, 0.15) is 6.92 Å². The van der Waals surface area contributed by atoms with Crippen molar-refractivity contribution in [1.29, 1.82) is 0 Å². The van der Waals surface area contributed by atoms with Crippen LogP contribution >= 0.6 is 35.0 Å². The van der Waals surface area contributed by atoms with Crippen LogP contribution < -0.4 is 10.6 Å². The highest BCUT2D eigenvalue weighted by molar-refractivity contribution is 7.99. The first-order valence-electron chi connectivity index (χ1n) is 6.53. The summed E-state index contributed by atoms with van der Waals surface area (Å²) in [6, 6.07) is 4.87. The number of amides is 2. The van der Waals surface area contributed by atoms with Crippen LogP contribution in [0.25, 0.3) is 0 Å². The first-order chi connectivity index (χ1) is 10.5. The lowest BCUT2D eigenvalue weighted by Crippen LogP contribution is -2.44. The molecule has 1 aliphatic heterocycles. The van der Waals surface area contributed by atoms with Gasteiger partial charge in [-0.25, -0.2) is 9.59 Å². The number of carbonyl (C=O) groups is 2. The van der Waals surface area contributed by atoms with Crippen LogP contribution in [-0.2, 0) is 9.53 Å². The van der Waals surface area contributed by atoms with Crippen molar-refractivity contribution >= 4 is 47.0 Å². The SMILES string of the molecule is CCOC(=O)C1=C(CSc2c(Cl)cccc2Cl)NC(=O)NC1. The maximum absolute atomic E-state index is 11.9. The molecular weight excluding hydrogens is 347 g/mol. The smallest absolute Gasteiger partial charge is 0.337 e. The summed E-state index contributed by atoms with van der Waals surface area (Å²) in [6.45, 7) is 2.13. The molecule has 118 valence electrons. The van der Waals surface area contributed by atoms with E-state index in [1.165, 1.54) is 11.8 Å². The first-order valence-corrected chi connectivity index (χ1v) is 8.28. The van der Waals surface area contributed by atoms with Crippen LogP contribution in [-0.4, -0.2) is 30.9 Å². The molecule has 22 heavy (non-hydrogen) atoms. The third-order valence-electron chi connectivity index (χ3n) is 2.86. The second-order valence-corrected chi connectivity index (χ2v) is 6.12. The van der Waals surface area contributed by atoms with Crippen LogP contribution in [0.2, 0.25) is 10.0 Å². The molecule has 1 aromatic carbocycles. The van der Waals surface area contributed by atoms with Crippen LogP contribution in [0.5, 0.6) is 0 Å². The molecule has 1 aromatic rings. The average Bonchev–Trinajstić information content (AvgIpc) is 2.47. The van der Waals surface area contributed by atoms with E-state index in [-0.39, 0.29) is 19.2 Å². The molecule has 0 atom stereocenters. The van der Waals surface area contributed by atoms with Gasteiger partial charge in [0.25, 0.3) is 0 Å². The number of benzene rings is 1. The molecule has 0 aliphatic carbocycles. The van der Waals surface area contributed by atoms with E-state index in [0.717, 1.165) is 0 Å². The van der Waals surface area contributed by atoms with E-state index in [2.05, 4.69) is 10.6 Å². The second kappa shape index (κ2) is 7.76. The average molecular weight is 361 g/mol. The van der Waals surface area contributed by atoms with Gasteiger partial charge in [0, 0.05) is 16.3 Å². The number of hydrogen-bond acceptors (Lipinski definition) is 4.